The number of amides is 1. The first-order valence-electron chi connectivity index (χ1n) is 6.68. The van der Waals surface area contributed by atoms with Crippen LogP contribution in [0.4, 0.5) is 11.5 Å². The second-order valence-corrected chi connectivity index (χ2v) is 5.74. The van der Waals surface area contributed by atoms with Gasteiger partial charge in [0, 0.05) is 24.4 Å². The zero-order chi connectivity index (χ0) is 15.8. The highest BCUT2D eigenvalue weighted by Gasteiger charge is 2.21. The Balaban J connectivity index is 2.84. The molecule has 2 N–H and O–H groups in total. The van der Waals surface area contributed by atoms with Crippen LogP contribution in [-0.4, -0.2) is 40.4 Å². The molecule has 1 aromatic rings. The van der Waals surface area contributed by atoms with Crippen molar-refractivity contribution in [2.24, 2.45) is 0 Å². The fraction of sp³-hybridized carbons (Fsp3) is 0.538. The quantitative estimate of drug-likeness (QED) is 0.564. The molecule has 0 aliphatic heterocycles. The molecule has 0 bridgehead atoms. The minimum atomic E-state index is -0.595. The van der Waals surface area contributed by atoms with E-state index in [1.54, 1.807) is 11.8 Å². The zero-order valence-corrected chi connectivity index (χ0v) is 13.2. The highest BCUT2D eigenvalue weighted by molar-refractivity contribution is 7.99. The second kappa shape index (κ2) is 8.46. The molecule has 1 unspecified atom stereocenters. The average molecular weight is 312 g/mol. The third-order valence-corrected chi connectivity index (χ3v) is 3.96. The molecule has 0 aliphatic carbocycles. The van der Waals surface area contributed by atoms with E-state index in [1.165, 1.54) is 6.07 Å². The fourth-order valence-corrected chi connectivity index (χ4v) is 2.01. The van der Waals surface area contributed by atoms with Crippen LogP contribution >= 0.6 is 11.8 Å². The molecular formula is C13H20N4O3S. The van der Waals surface area contributed by atoms with Crippen LogP contribution in [0.1, 0.15) is 30.6 Å². The SMILES string of the molecule is CCNc1cc(C(=O)NCCC(C)SC)c([N+](=O)[O-])cn1. The maximum absolute atomic E-state index is 12.1. The lowest BCUT2D eigenvalue weighted by Gasteiger charge is -2.10. The van der Waals surface area contributed by atoms with Crippen molar-refractivity contribution < 1.29 is 9.72 Å². The summed E-state index contributed by atoms with van der Waals surface area (Å²) in [6.45, 7) is 5.05. The molecule has 0 radical (unpaired) electrons. The predicted octanol–water partition coefficient (Wildman–Crippen LogP) is 2.29. The van der Waals surface area contributed by atoms with Crippen molar-refractivity contribution in [3.8, 4) is 0 Å². The van der Waals surface area contributed by atoms with E-state index < -0.39 is 10.8 Å². The number of anilines is 1. The third kappa shape index (κ3) is 5.22. The molecule has 1 amide bonds. The number of aromatic nitrogens is 1. The molecule has 0 fully saturated rings. The van der Waals surface area contributed by atoms with E-state index in [9.17, 15) is 14.9 Å². The second-order valence-electron chi connectivity index (χ2n) is 4.47. The van der Waals surface area contributed by atoms with Crippen LogP contribution in [0.25, 0.3) is 0 Å². The molecule has 21 heavy (non-hydrogen) atoms. The number of thioether (sulfide) groups is 1. The van der Waals surface area contributed by atoms with E-state index in [1.807, 2.05) is 13.2 Å². The van der Waals surface area contributed by atoms with Crippen molar-refractivity contribution in [1.29, 1.82) is 0 Å². The molecule has 0 saturated carbocycles. The standard InChI is InChI=1S/C13H20N4O3S/c1-4-14-12-7-10(11(8-16-12)17(19)20)13(18)15-6-5-9(2)21-3/h7-9H,4-6H2,1-3H3,(H,14,16)(H,15,18). The van der Waals surface area contributed by atoms with Crippen molar-refractivity contribution >= 4 is 29.2 Å². The molecular weight excluding hydrogens is 292 g/mol. The zero-order valence-electron chi connectivity index (χ0n) is 12.4. The van der Waals surface area contributed by atoms with Gasteiger partial charge in [0.25, 0.3) is 11.6 Å². The van der Waals surface area contributed by atoms with Gasteiger partial charge < -0.3 is 10.6 Å². The normalized spacial score (nSPS) is 11.8. The maximum Gasteiger partial charge on any atom is 0.300 e. The molecule has 7 nitrogen and oxygen atoms in total. The van der Waals surface area contributed by atoms with E-state index in [-0.39, 0.29) is 11.3 Å². The van der Waals surface area contributed by atoms with Crippen LogP contribution in [0.2, 0.25) is 0 Å². The summed E-state index contributed by atoms with van der Waals surface area (Å²) < 4.78 is 0. The molecule has 0 spiro atoms. The van der Waals surface area contributed by atoms with Crippen LogP contribution < -0.4 is 10.6 Å². The van der Waals surface area contributed by atoms with Gasteiger partial charge in [-0.2, -0.15) is 11.8 Å². The lowest BCUT2D eigenvalue weighted by molar-refractivity contribution is -0.385. The molecule has 0 aliphatic rings. The first-order valence-corrected chi connectivity index (χ1v) is 7.97. The fourth-order valence-electron chi connectivity index (χ4n) is 1.66. The third-order valence-electron chi connectivity index (χ3n) is 2.92. The minimum absolute atomic E-state index is 0.0303. The number of nitrogens with zero attached hydrogens (tertiary/aromatic N) is 2. The molecule has 1 aromatic heterocycles. The number of hydrogen-bond donors (Lipinski definition) is 2. The maximum atomic E-state index is 12.1. The van der Waals surface area contributed by atoms with Crippen LogP contribution in [0, 0.1) is 10.1 Å². The highest BCUT2D eigenvalue weighted by atomic mass is 32.2. The van der Waals surface area contributed by atoms with Gasteiger partial charge >= 0.3 is 0 Å². The lowest BCUT2D eigenvalue weighted by Crippen LogP contribution is -2.27. The van der Waals surface area contributed by atoms with E-state index >= 15 is 0 Å². The number of nitrogens with one attached hydrogen (secondary N) is 2. The van der Waals surface area contributed by atoms with E-state index in [0.29, 0.717) is 24.2 Å². The van der Waals surface area contributed by atoms with Gasteiger partial charge in [-0.3, -0.25) is 14.9 Å². The summed E-state index contributed by atoms with van der Waals surface area (Å²) in [6, 6.07) is 1.41. The Kier molecular flexibility index (Phi) is 6.93. The number of pyridine rings is 1. The van der Waals surface area contributed by atoms with Gasteiger partial charge in [-0.25, -0.2) is 4.98 Å². The van der Waals surface area contributed by atoms with Crippen LogP contribution in [-0.2, 0) is 0 Å². The van der Waals surface area contributed by atoms with Gasteiger partial charge in [-0.1, -0.05) is 6.92 Å². The minimum Gasteiger partial charge on any atom is -0.370 e. The largest absolute Gasteiger partial charge is 0.370 e. The van der Waals surface area contributed by atoms with Gasteiger partial charge in [-0.15, -0.1) is 0 Å². The monoisotopic (exact) mass is 312 g/mol. The summed E-state index contributed by atoms with van der Waals surface area (Å²) >= 11 is 1.71. The van der Waals surface area contributed by atoms with Crippen molar-refractivity contribution in [3.63, 3.8) is 0 Å². The smallest absolute Gasteiger partial charge is 0.300 e. The van der Waals surface area contributed by atoms with Crippen LogP contribution in [0.5, 0.6) is 0 Å². The van der Waals surface area contributed by atoms with Crippen molar-refractivity contribution in [2.45, 2.75) is 25.5 Å². The van der Waals surface area contributed by atoms with E-state index in [2.05, 4.69) is 22.5 Å². The summed E-state index contributed by atoms with van der Waals surface area (Å²) in [7, 11) is 0. The average Bonchev–Trinajstić information content (AvgIpc) is 2.46. The molecule has 1 heterocycles. The summed E-state index contributed by atoms with van der Waals surface area (Å²) in [6.07, 6.45) is 3.92. The number of hydrogen-bond acceptors (Lipinski definition) is 6. The molecule has 0 aromatic carbocycles. The van der Waals surface area contributed by atoms with Crippen LogP contribution in [0.15, 0.2) is 12.3 Å². The Morgan fingerprint density at radius 1 is 1.57 bits per heavy atom. The Hall–Kier alpha value is -1.83. The first kappa shape index (κ1) is 17.2. The topological polar surface area (TPSA) is 97.2 Å². The van der Waals surface area contributed by atoms with Crippen LogP contribution in [0.3, 0.4) is 0 Å². The van der Waals surface area contributed by atoms with Gasteiger partial charge in [0.15, 0.2) is 0 Å². The van der Waals surface area contributed by atoms with Gasteiger partial charge in [-0.05, 0) is 19.6 Å². The number of rotatable bonds is 8. The van der Waals surface area contributed by atoms with Crippen molar-refractivity contribution in [1.82, 2.24) is 10.3 Å². The van der Waals surface area contributed by atoms with Crippen molar-refractivity contribution in [2.75, 3.05) is 24.7 Å². The molecule has 1 atom stereocenters. The van der Waals surface area contributed by atoms with E-state index in [0.717, 1.165) is 12.6 Å². The highest BCUT2D eigenvalue weighted by Crippen LogP contribution is 2.20. The number of carbonyl (C=O) groups is 1. The number of nitro groups is 1. The van der Waals surface area contributed by atoms with Crippen molar-refractivity contribution in [3.05, 3.63) is 27.9 Å². The summed E-state index contributed by atoms with van der Waals surface area (Å²) in [5.41, 5.74) is -0.255. The molecule has 8 heteroatoms. The van der Waals surface area contributed by atoms with Gasteiger partial charge in [0.05, 0.1) is 4.92 Å². The number of carbonyl (C=O) groups excluding carboxylic acids is 1. The Bertz CT molecular complexity index is 510. The molecule has 1 rings (SSSR count). The Morgan fingerprint density at radius 2 is 2.29 bits per heavy atom. The Labute approximate surface area is 128 Å². The van der Waals surface area contributed by atoms with Gasteiger partial charge in [0.2, 0.25) is 0 Å². The summed E-state index contributed by atoms with van der Waals surface area (Å²) in [5, 5.41) is 17.1. The molecule has 0 saturated heterocycles. The summed E-state index contributed by atoms with van der Waals surface area (Å²) in [4.78, 5) is 26.4. The lowest BCUT2D eigenvalue weighted by atomic mass is 10.2. The van der Waals surface area contributed by atoms with Gasteiger partial charge in [0.1, 0.15) is 17.6 Å². The predicted molar refractivity (Wildman–Crippen MR) is 85.0 cm³/mol. The molecule has 116 valence electrons. The van der Waals surface area contributed by atoms with E-state index in [4.69, 9.17) is 0 Å². The first-order chi connectivity index (χ1) is 9.99. The summed E-state index contributed by atoms with van der Waals surface area (Å²) in [5.74, 6) is 0.00212. The Morgan fingerprint density at radius 3 is 2.86 bits per heavy atom.